The van der Waals surface area contributed by atoms with Crippen LogP contribution in [0.1, 0.15) is 45.5 Å². The fourth-order valence-corrected chi connectivity index (χ4v) is 0.828. The molecule has 0 bridgehead atoms. The van der Waals surface area contributed by atoms with Crippen LogP contribution in [0.5, 0.6) is 0 Å². The van der Waals surface area contributed by atoms with Crippen LogP contribution in [-0.4, -0.2) is 4.98 Å². The Balaban J connectivity index is 0. The molecule has 0 radical (unpaired) electrons. The maximum atomic E-state index is 11.5. The molecule has 0 aliphatic rings. The van der Waals surface area contributed by atoms with Crippen LogP contribution in [0.3, 0.4) is 0 Å². The number of rotatable bonds is 1. The number of halogens is 2. The maximum absolute atomic E-state index is 11.5. The van der Waals surface area contributed by atoms with Gasteiger partial charge in [-0.25, -0.2) is 13.8 Å². The standard InChI is InChI=1S/C4H3F2NS.C3H8.C2H6/c5-3(6)4-7-1-2-8-4;1-3-2;1-2/h1-3H;3H2,1-2H3;1-2H3. The lowest BCUT2D eigenvalue weighted by Crippen LogP contribution is -1.77. The molecule has 0 spiro atoms. The van der Waals surface area contributed by atoms with Gasteiger partial charge >= 0.3 is 0 Å². The number of thiazole rings is 1. The fourth-order valence-electron chi connectivity index (χ4n) is 0.342. The van der Waals surface area contributed by atoms with Crippen LogP contribution in [0.2, 0.25) is 0 Å². The van der Waals surface area contributed by atoms with Crippen LogP contribution in [-0.2, 0) is 0 Å². The average Bonchev–Trinajstić information content (AvgIpc) is 2.61. The van der Waals surface area contributed by atoms with E-state index in [-0.39, 0.29) is 5.01 Å². The van der Waals surface area contributed by atoms with Crippen molar-refractivity contribution in [2.75, 3.05) is 0 Å². The zero-order valence-electron chi connectivity index (χ0n) is 8.55. The number of hydrogen-bond donors (Lipinski definition) is 0. The molecule has 1 aromatic rings. The van der Waals surface area contributed by atoms with Crippen LogP contribution in [0.25, 0.3) is 0 Å². The van der Waals surface area contributed by atoms with Crippen molar-refractivity contribution < 1.29 is 8.78 Å². The Morgan fingerprint density at radius 2 is 1.85 bits per heavy atom. The minimum absolute atomic E-state index is 0.106. The molecule has 0 saturated heterocycles. The van der Waals surface area contributed by atoms with E-state index in [9.17, 15) is 8.78 Å². The Kier molecular flexibility index (Phi) is 13.2. The first-order valence-corrected chi connectivity index (χ1v) is 5.27. The van der Waals surface area contributed by atoms with E-state index in [1.165, 1.54) is 18.0 Å². The van der Waals surface area contributed by atoms with Crippen LogP contribution in [0.4, 0.5) is 8.78 Å². The summed E-state index contributed by atoms with van der Waals surface area (Å²) in [6, 6.07) is 0. The largest absolute Gasteiger partial charge is 0.289 e. The average molecular weight is 209 g/mol. The zero-order chi connectivity index (χ0) is 10.7. The second kappa shape index (κ2) is 11.5. The normalized spacial score (nSPS) is 8.23. The van der Waals surface area contributed by atoms with Gasteiger partial charge in [0, 0.05) is 11.6 Å². The summed E-state index contributed by atoms with van der Waals surface area (Å²) < 4.78 is 23.1. The summed E-state index contributed by atoms with van der Waals surface area (Å²) >= 11 is 0.970. The molecular formula is C9H17F2NS. The van der Waals surface area contributed by atoms with Crippen molar-refractivity contribution in [3.63, 3.8) is 0 Å². The van der Waals surface area contributed by atoms with Gasteiger partial charge in [0.1, 0.15) is 0 Å². The number of hydrogen-bond acceptors (Lipinski definition) is 2. The van der Waals surface area contributed by atoms with E-state index in [2.05, 4.69) is 18.8 Å². The minimum atomic E-state index is -2.41. The van der Waals surface area contributed by atoms with E-state index in [1.54, 1.807) is 0 Å². The molecule has 1 heterocycles. The lowest BCUT2D eigenvalue weighted by molar-refractivity contribution is 0.151. The number of nitrogens with zero attached hydrogens (tertiary/aromatic N) is 1. The van der Waals surface area contributed by atoms with E-state index in [1.807, 2.05) is 13.8 Å². The van der Waals surface area contributed by atoms with E-state index in [4.69, 9.17) is 0 Å². The molecule has 0 amide bonds. The molecule has 0 aromatic carbocycles. The maximum Gasteiger partial charge on any atom is 0.289 e. The Bertz CT molecular complexity index is 164. The molecule has 0 N–H and O–H groups in total. The molecule has 1 aromatic heterocycles. The summed E-state index contributed by atoms with van der Waals surface area (Å²) in [4.78, 5) is 3.38. The Morgan fingerprint density at radius 3 is 2.00 bits per heavy atom. The first kappa shape index (κ1) is 15.0. The molecule has 0 aliphatic heterocycles. The van der Waals surface area contributed by atoms with Crippen molar-refractivity contribution in [2.45, 2.75) is 40.5 Å². The quantitative estimate of drug-likeness (QED) is 0.662. The van der Waals surface area contributed by atoms with Crippen LogP contribution in [0.15, 0.2) is 11.6 Å². The molecule has 1 nitrogen and oxygen atoms in total. The highest BCUT2D eigenvalue weighted by Gasteiger charge is 2.07. The summed E-state index contributed by atoms with van der Waals surface area (Å²) in [5.41, 5.74) is 0. The summed E-state index contributed by atoms with van der Waals surface area (Å²) in [6.45, 7) is 8.25. The van der Waals surface area contributed by atoms with Gasteiger partial charge in [0.2, 0.25) is 0 Å². The van der Waals surface area contributed by atoms with E-state index in [0.29, 0.717) is 0 Å². The van der Waals surface area contributed by atoms with Gasteiger partial charge in [-0.3, -0.25) is 0 Å². The van der Waals surface area contributed by atoms with Crippen molar-refractivity contribution in [1.82, 2.24) is 4.98 Å². The van der Waals surface area contributed by atoms with Gasteiger partial charge in [0.15, 0.2) is 5.01 Å². The van der Waals surface area contributed by atoms with Gasteiger partial charge in [-0.15, -0.1) is 11.3 Å². The third-order valence-corrected chi connectivity index (χ3v) is 1.42. The van der Waals surface area contributed by atoms with Crippen molar-refractivity contribution in [3.8, 4) is 0 Å². The van der Waals surface area contributed by atoms with E-state index in [0.717, 1.165) is 11.3 Å². The minimum Gasteiger partial charge on any atom is -0.244 e. The van der Waals surface area contributed by atoms with E-state index < -0.39 is 6.43 Å². The molecule has 0 aliphatic carbocycles. The Morgan fingerprint density at radius 1 is 1.38 bits per heavy atom. The first-order chi connectivity index (χ1) is 6.22. The predicted molar refractivity (Wildman–Crippen MR) is 54.4 cm³/mol. The molecule has 78 valence electrons. The summed E-state index contributed by atoms with van der Waals surface area (Å²) in [7, 11) is 0. The van der Waals surface area contributed by atoms with Crippen molar-refractivity contribution in [1.29, 1.82) is 0 Å². The predicted octanol–water partition coefficient (Wildman–Crippen LogP) is 4.52. The molecule has 13 heavy (non-hydrogen) atoms. The fraction of sp³-hybridized carbons (Fsp3) is 0.667. The van der Waals surface area contributed by atoms with Crippen LogP contribution >= 0.6 is 11.3 Å². The summed E-state index contributed by atoms with van der Waals surface area (Å²) in [5.74, 6) is 0. The molecular weight excluding hydrogens is 192 g/mol. The third kappa shape index (κ3) is 9.40. The second-order valence-electron chi connectivity index (χ2n) is 1.88. The van der Waals surface area contributed by atoms with Gasteiger partial charge in [0.25, 0.3) is 6.43 Å². The monoisotopic (exact) mass is 209 g/mol. The highest BCUT2D eigenvalue weighted by molar-refractivity contribution is 7.09. The smallest absolute Gasteiger partial charge is 0.244 e. The Labute approximate surface area is 82.8 Å². The molecule has 1 rings (SSSR count). The van der Waals surface area contributed by atoms with Gasteiger partial charge in [-0.1, -0.05) is 34.1 Å². The highest BCUT2D eigenvalue weighted by atomic mass is 32.1. The van der Waals surface area contributed by atoms with E-state index >= 15 is 0 Å². The summed E-state index contributed by atoms with van der Waals surface area (Å²) in [6.07, 6.45) is 0.210. The van der Waals surface area contributed by atoms with Crippen LogP contribution in [0, 0.1) is 0 Å². The molecule has 0 unspecified atom stereocenters. The molecule has 0 atom stereocenters. The van der Waals surface area contributed by atoms with Gasteiger partial charge in [-0.05, 0) is 0 Å². The molecule has 0 fully saturated rings. The second-order valence-corrected chi connectivity index (χ2v) is 2.80. The lowest BCUT2D eigenvalue weighted by Gasteiger charge is -1.85. The SMILES string of the molecule is CC.CCC.FC(F)c1nccs1. The highest BCUT2D eigenvalue weighted by Crippen LogP contribution is 2.19. The summed E-state index contributed by atoms with van der Waals surface area (Å²) in [5, 5.41) is 1.42. The van der Waals surface area contributed by atoms with Crippen molar-refractivity contribution in [2.24, 2.45) is 0 Å². The van der Waals surface area contributed by atoms with Gasteiger partial charge in [0.05, 0.1) is 0 Å². The van der Waals surface area contributed by atoms with Gasteiger partial charge in [-0.2, -0.15) is 0 Å². The Hall–Kier alpha value is -0.510. The van der Waals surface area contributed by atoms with Crippen molar-refractivity contribution in [3.05, 3.63) is 16.6 Å². The third-order valence-electron chi connectivity index (χ3n) is 0.638. The van der Waals surface area contributed by atoms with Crippen LogP contribution < -0.4 is 0 Å². The molecule has 0 saturated carbocycles. The number of aromatic nitrogens is 1. The number of alkyl halides is 2. The zero-order valence-corrected chi connectivity index (χ0v) is 9.37. The first-order valence-electron chi connectivity index (χ1n) is 4.39. The lowest BCUT2D eigenvalue weighted by atomic mass is 10.6. The molecule has 4 heteroatoms. The topological polar surface area (TPSA) is 12.9 Å². The van der Waals surface area contributed by atoms with Gasteiger partial charge < -0.3 is 0 Å². The van der Waals surface area contributed by atoms with Crippen molar-refractivity contribution >= 4 is 11.3 Å².